The van der Waals surface area contributed by atoms with Crippen molar-refractivity contribution in [2.45, 2.75) is 31.9 Å². The Bertz CT molecular complexity index is 1400. The third-order valence-electron chi connectivity index (χ3n) is 7.39. The topological polar surface area (TPSA) is 62.3 Å². The summed E-state index contributed by atoms with van der Waals surface area (Å²) in [6, 6.07) is 23.9. The Labute approximate surface area is 227 Å². The molecule has 3 aliphatic rings. The molecule has 200 valence electrons. The van der Waals surface area contributed by atoms with E-state index in [9.17, 15) is 9.59 Å². The van der Waals surface area contributed by atoms with E-state index in [0.717, 1.165) is 11.1 Å². The summed E-state index contributed by atoms with van der Waals surface area (Å²) >= 11 is 0. The molecule has 2 bridgehead atoms. The van der Waals surface area contributed by atoms with Crippen LogP contribution in [0.4, 0.5) is 4.39 Å². The van der Waals surface area contributed by atoms with E-state index < -0.39 is 11.9 Å². The van der Waals surface area contributed by atoms with Gasteiger partial charge in [-0.05, 0) is 30.0 Å². The van der Waals surface area contributed by atoms with E-state index in [1.807, 2.05) is 71.7 Å². The lowest BCUT2D eigenvalue weighted by atomic mass is 9.96. The number of Topliss-reactive ketones (excluding diaryl/α,β-unsaturated/α-hetero) is 1. The van der Waals surface area contributed by atoms with Crippen molar-refractivity contribution in [2.24, 2.45) is 0 Å². The van der Waals surface area contributed by atoms with Crippen LogP contribution in [0.5, 0.6) is 5.75 Å². The minimum Gasteiger partial charge on any atom is -0.490 e. The van der Waals surface area contributed by atoms with Crippen LogP contribution in [0.3, 0.4) is 0 Å². The van der Waals surface area contributed by atoms with Crippen molar-refractivity contribution in [3.05, 3.63) is 113 Å². The first-order valence-electron chi connectivity index (χ1n) is 13.4. The minimum absolute atomic E-state index is 0.0854. The molecule has 1 fully saturated rings. The molecule has 39 heavy (non-hydrogen) atoms. The van der Waals surface area contributed by atoms with E-state index in [1.165, 1.54) is 6.07 Å². The highest BCUT2D eigenvalue weighted by atomic mass is 19.1. The molecule has 0 aliphatic carbocycles. The Hall–Kier alpha value is -4.17. The Morgan fingerprint density at radius 3 is 2.46 bits per heavy atom. The van der Waals surface area contributed by atoms with Gasteiger partial charge in [0.1, 0.15) is 6.61 Å². The largest absolute Gasteiger partial charge is 0.490 e. The first kappa shape index (κ1) is 25.1. The van der Waals surface area contributed by atoms with Crippen LogP contribution in [0.15, 0.2) is 90.3 Å². The first-order chi connectivity index (χ1) is 19.1. The van der Waals surface area contributed by atoms with Gasteiger partial charge in [0.15, 0.2) is 23.0 Å². The summed E-state index contributed by atoms with van der Waals surface area (Å²) in [5.74, 6) is -0.538. The fourth-order valence-electron chi connectivity index (χ4n) is 5.50. The lowest BCUT2D eigenvalue weighted by Crippen LogP contribution is -2.61. The molecule has 6 rings (SSSR count). The van der Waals surface area contributed by atoms with Crippen LogP contribution in [0.25, 0.3) is 0 Å². The molecule has 0 radical (unpaired) electrons. The molecule has 3 aliphatic heterocycles. The van der Waals surface area contributed by atoms with Gasteiger partial charge in [-0.3, -0.25) is 14.6 Å². The summed E-state index contributed by atoms with van der Waals surface area (Å²) in [7, 11) is 0. The molecule has 2 atom stereocenters. The molecule has 1 saturated heterocycles. The summed E-state index contributed by atoms with van der Waals surface area (Å²) in [6.07, 6.45) is 1.54. The van der Waals surface area contributed by atoms with Crippen molar-refractivity contribution in [1.82, 2.24) is 14.9 Å². The molecular weight excluding hydrogens is 497 g/mol. The molecule has 0 N–H and O–H groups in total. The highest BCUT2D eigenvalue weighted by molar-refractivity contribution is 6.05. The Balaban J connectivity index is 1.50. The number of allylic oxidation sites excluding steroid dienone is 1. The molecule has 3 heterocycles. The Kier molecular flexibility index (Phi) is 7.02. The van der Waals surface area contributed by atoms with Gasteiger partial charge in [-0.25, -0.2) is 4.39 Å². The molecule has 0 saturated carbocycles. The second kappa shape index (κ2) is 10.9. The molecule has 3 aromatic rings. The zero-order valence-electron chi connectivity index (χ0n) is 21.6. The number of para-hydroxylation sites is 1. The van der Waals surface area contributed by atoms with Gasteiger partial charge in [0.25, 0.3) is 5.91 Å². The van der Waals surface area contributed by atoms with Gasteiger partial charge in [-0.2, -0.15) is 5.01 Å². The number of ketones is 1. The molecule has 1 amide bonds. The van der Waals surface area contributed by atoms with Crippen molar-refractivity contribution in [1.29, 1.82) is 0 Å². The highest BCUT2D eigenvalue weighted by Gasteiger charge is 2.45. The number of ether oxygens (including phenoxy) is 2. The summed E-state index contributed by atoms with van der Waals surface area (Å²) in [4.78, 5) is 28.9. The van der Waals surface area contributed by atoms with Crippen LogP contribution in [0, 0.1) is 5.82 Å². The number of hydrogen-bond acceptors (Lipinski definition) is 6. The quantitative estimate of drug-likeness (QED) is 0.486. The average molecular weight is 528 g/mol. The van der Waals surface area contributed by atoms with Crippen molar-refractivity contribution >= 4 is 11.7 Å². The van der Waals surface area contributed by atoms with Gasteiger partial charge in [0.2, 0.25) is 5.78 Å². The van der Waals surface area contributed by atoms with Crippen LogP contribution in [-0.4, -0.2) is 53.0 Å². The van der Waals surface area contributed by atoms with Crippen molar-refractivity contribution < 1.29 is 23.5 Å². The van der Waals surface area contributed by atoms with E-state index >= 15 is 4.39 Å². The molecule has 3 aromatic carbocycles. The third-order valence-corrected chi connectivity index (χ3v) is 7.39. The summed E-state index contributed by atoms with van der Waals surface area (Å²) in [6.45, 7) is 1.61. The molecule has 7 nitrogen and oxygen atoms in total. The number of fused-ring (bicyclic) bond motifs is 5. The van der Waals surface area contributed by atoms with Gasteiger partial charge in [0, 0.05) is 25.1 Å². The van der Waals surface area contributed by atoms with Crippen LogP contribution in [0.2, 0.25) is 0 Å². The number of benzene rings is 3. The third kappa shape index (κ3) is 4.88. The van der Waals surface area contributed by atoms with E-state index in [2.05, 4.69) is 5.01 Å². The van der Waals surface area contributed by atoms with E-state index in [0.29, 0.717) is 38.1 Å². The smallest absolute Gasteiger partial charge is 0.276 e. The Morgan fingerprint density at radius 2 is 1.67 bits per heavy atom. The van der Waals surface area contributed by atoms with Crippen molar-refractivity contribution in [2.75, 3.05) is 26.4 Å². The van der Waals surface area contributed by atoms with Crippen molar-refractivity contribution in [3.8, 4) is 5.75 Å². The maximum absolute atomic E-state index is 15.2. The second-order valence-corrected chi connectivity index (χ2v) is 9.92. The van der Waals surface area contributed by atoms with Crippen molar-refractivity contribution in [3.63, 3.8) is 0 Å². The first-order valence-corrected chi connectivity index (χ1v) is 13.4. The Morgan fingerprint density at radius 1 is 0.897 bits per heavy atom. The normalized spacial score (nSPS) is 21.5. The summed E-state index contributed by atoms with van der Waals surface area (Å²) < 4.78 is 27.3. The van der Waals surface area contributed by atoms with E-state index in [4.69, 9.17) is 9.47 Å². The number of carbonyl (C=O) groups excluding carboxylic acids is 2. The number of hydrazine groups is 1. The number of rotatable bonds is 4. The standard InChI is InChI=1S/C31H30FN3O4/c32-25-15-9-14-24-27(23-12-5-2-6-13-23)35-21-33(17-7-8-19-38-29(24)25)31(37)28-30(26(36)16-18-34(28)35)39-20-22-10-3-1-4-11-22/h1-6,9-15,27H,7-8,16-21H2. The molecule has 2 unspecified atom stereocenters. The molecule has 0 aromatic heterocycles. The maximum Gasteiger partial charge on any atom is 0.276 e. The summed E-state index contributed by atoms with van der Waals surface area (Å²) in [5.41, 5.74) is 2.74. The van der Waals surface area contributed by atoms with Gasteiger partial charge < -0.3 is 14.4 Å². The predicted octanol–water partition coefficient (Wildman–Crippen LogP) is 4.81. The minimum atomic E-state index is -0.468. The van der Waals surface area contributed by atoms with Crippen LogP contribution in [0.1, 0.15) is 42.0 Å². The number of halogens is 1. The lowest BCUT2D eigenvalue weighted by molar-refractivity contribution is -0.159. The van der Waals surface area contributed by atoms with Gasteiger partial charge in [-0.1, -0.05) is 72.8 Å². The van der Waals surface area contributed by atoms with Gasteiger partial charge >= 0.3 is 0 Å². The van der Waals surface area contributed by atoms with Crippen LogP contribution in [-0.2, 0) is 20.9 Å². The SMILES string of the molecule is O=C1CCN2C(=C1OCc1ccccc1)C(=O)N1CCCCOc3c(F)cccc3C(c3ccccc3)N2C1. The molecule has 0 spiro atoms. The number of hydrogen-bond donors (Lipinski definition) is 0. The van der Waals surface area contributed by atoms with Gasteiger partial charge in [0.05, 0.1) is 19.3 Å². The van der Waals surface area contributed by atoms with E-state index in [1.54, 1.807) is 11.0 Å². The monoisotopic (exact) mass is 527 g/mol. The highest BCUT2D eigenvalue weighted by Crippen LogP contribution is 2.41. The second-order valence-electron chi connectivity index (χ2n) is 9.92. The average Bonchev–Trinajstić information content (AvgIpc) is 2.99. The van der Waals surface area contributed by atoms with Gasteiger partial charge in [-0.15, -0.1) is 0 Å². The zero-order valence-corrected chi connectivity index (χ0v) is 21.6. The summed E-state index contributed by atoms with van der Waals surface area (Å²) in [5, 5.41) is 3.92. The van der Waals surface area contributed by atoms with Crippen LogP contribution >= 0.6 is 0 Å². The zero-order chi connectivity index (χ0) is 26.8. The predicted molar refractivity (Wildman–Crippen MR) is 142 cm³/mol. The number of carbonyl (C=O) groups is 2. The molecular formula is C31H30FN3O4. The van der Waals surface area contributed by atoms with Crippen LogP contribution < -0.4 is 4.74 Å². The maximum atomic E-state index is 15.2. The fourth-order valence-corrected chi connectivity index (χ4v) is 5.50. The fraction of sp³-hybridized carbons (Fsp3) is 0.290. The number of amides is 1. The van der Waals surface area contributed by atoms with E-state index in [-0.39, 0.29) is 48.6 Å². The number of nitrogens with zero attached hydrogens (tertiary/aromatic N) is 3. The lowest BCUT2D eigenvalue weighted by Gasteiger charge is -2.50. The molecule has 8 heteroatoms.